The minimum Gasteiger partial charge on any atom is -0.355 e. The Morgan fingerprint density at radius 2 is 2.55 bits per heavy atom. The van der Waals surface area contributed by atoms with Gasteiger partial charge < -0.3 is 5.32 Å². The fourth-order valence-electron chi connectivity index (χ4n) is 1.41. The minimum atomic E-state index is 0.354. The number of amides is 1. The molecule has 11 heavy (non-hydrogen) atoms. The molecule has 3 nitrogen and oxygen atoms in total. The first-order valence-electron chi connectivity index (χ1n) is 3.89. The van der Waals surface area contributed by atoms with Crippen LogP contribution >= 0.6 is 0 Å². The van der Waals surface area contributed by atoms with Crippen LogP contribution in [0.1, 0.15) is 6.42 Å². The highest BCUT2D eigenvalue weighted by molar-refractivity contribution is 5.46. The van der Waals surface area contributed by atoms with E-state index < -0.39 is 0 Å². The van der Waals surface area contributed by atoms with Crippen molar-refractivity contribution < 1.29 is 4.79 Å². The van der Waals surface area contributed by atoms with Gasteiger partial charge in [-0.2, -0.15) is 0 Å². The van der Waals surface area contributed by atoms with E-state index in [-0.39, 0.29) is 0 Å². The van der Waals surface area contributed by atoms with Gasteiger partial charge in [-0.15, -0.1) is 6.58 Å². The van der Waals surface area contributed by atoms with Crippen LogP contribution in [0.3, 0.4) is 0 Å². The SMILES string of the molecule is C=CCN1CCC(NC=O)C1. The van der Waals surface area contributed by atoms with Gasteiger partial charge in [0.05, 0.1) is 0 Å². The molecule has 1 atom stereocenters. The van der Waals surface area contributed by atoms with Crippen molar-refractivity contribution in [1.29, 1.82) is 0 Å². The molecule has 0 bridgehead atoms. The monoisotopic (exact) mass is 154 g/mol. The second-order valence-corrected chi connectivity index (χ2v) is 2.82. The summed E-state index contributed by atoms with van der Waals surface area (Å²) in [6.07, 6.45) is 3.73. The van der Waals surface area contributed by atoms with Crippen LogP contribution in [0, 0.1) is 0 Å². The van der Waals surface area contributed by atoms with Gasteiger partial charge in [-0.3, -0.25) is 9.69 Å². The third kappa shape index (κ3) is 2.35. The highest BCUT2D eigenvalue weighted by atomic mass is 16.1. The van der Waals surface area contributed by atoms with E-state index in [0.717, 1.165) is 32.5 Å². The van der Waals surface area contributed by atoms with Crippen molar-refractivity contribution in [2.24, 2.45) is 0 Å². The standard InChI is InChI=1S/C8H14N2O/c1-2-4-10-5-3-8(6-10)9-7-11/h2,7-8H,1,3-6H2,(H,9,11). The number of carbonyl (C=O) groups is 1. The maximum absolute atomic E-state index is 10.1. The number of hydrogen-bond donors (Lipinski definition) is 1. The fourth-order valence-corrected chi connectivity index (χ4v) is 1.41. The van der Waals surface area contributed by atoms with Gasteiger partial charge in [0.1, 0.15) is 0 Å². The van der Waals surface area contributed by atoms with Gasteiger partial charge in [-0.05, 0) is 6.42 Å². The van der Waals surface area contributed by atoms with E-state index in [1.807, 2.05) is 6.08 Å². The Morgan fingerprint density at radius 3 is 3.18 bits per heavy atom. The number of nitrogens with one attached hydrogen (secondary N) is 1. The smallest absolute Gasteiger partial charge is 0.207 e. The van der Waals surface area contributed by atoms with E-state index in [1.54, 1.807) is 0 Å². The average Bonchev–Trinajstić information content (AvgIpc) is 2.38. The molecule has 1 aliphatic heterocycles. The molecule has 1 N–H and O–H groups in total. The van der Waals surface area contributed by atoms with Crippen molar-refractivity contribution in [3.8, 4) is 0 Å². The summed E-state index contributed by atoms with van der Waals surface area (Å²) in [6.45, 7) is 6.62. The van der Waals surface area contributed by atoms with E-state index in [9.17, 15) is 4.79 Å². The second-order valence-electron chi connectivity index (χ2n) is 2.82. The normalized spacial score (nSPS) is 24.9. The summed E-state index contributed by atoms with van der Waals surface area (Å²) in [6, 6.07) is 0.354. The molecule has 0 aromatic carbocycles. The van der Waals surface area contributed by atoms with Crippen molar-refractivity contribution in [2.75, 3.05) is 19.6 Å². The molecular weight excluding hydrogens is 140 g/mol. The lowest BCUT2D eigenvalue weighted by atomic mass is 10.3. The summed E-state index contributed by atoms with van der Waals surface area (Å²) < 4.78 is 0. The average molecular weight is 154 g/mol. The Labute approximate surface area is 67.1 Å². The van der Waals surface area contributed by atoms with Crippen LogP contribution in [0.25, 0.3) is 0 Å². The van der Waals surface area contributed by atoms with Crippen molar-refractivity contribution in [2.45, 2.75) is 12.5 Å². The summed E-state index contributed by atoms with van der Waals surface area (Å²) in [4.78, 5) is 12.3. The predicted molar refractivity (Wildman–Crippen MR) is 44.2 cm³/mol. The zero-order valence-electron chi connectivity index (χ0n) is 6.62. The number of carbonyl (C=O) groups excluding carboxylic acids is 1. The number of hydrogen-bond acceptors (Lipinski definition) is 2. The Kier molecular flexibility index (Phi) is 3.11. The highest BCUT2D eigenvalue weighted by Gasteiger charge is 2.19. The molecular formula is C8H14N2O. The van der Waals surface area contributed by atoms with Crippen molar-refractivity contribution >= 4 is 6.41 Å². The Bertz CT molecular complexity index is 131. The van der Waals surface area contributed by atoms with Crippen LogP contribution < -0.4 is 5.32 Å². The molecule has 62 valence electrons. The van der Waals surface area contributed by atoms with Crippen LogP contribution in [0.2, 0.25) is 0 Å². The molecule has 0 spiro atoms. The molecule has 1 amide bonds. The quantitative estimate of drug-likeness (QED) is 0.456. The van der Waals surface area contributed by atoms with Crippen LogP contribution in [-0.2, 0) is 4.79 Å². The molecule has 1 heterocycles. The zero-order valence-corrected chi connectivity index (χ0v) is 6.62. The van der Waals surface area contributed by atoms with E-state index in [4.69, 9.17) is 0 Å². The third-order valence-electron chi connectivity index (χ3n) is 1.96. The Balaban J connectivity index is 2.22. The summed E-state index contributed by atoms with van der Waals surface area (Å²) in [7, 11) is 0. The summed E-state index contributed by atoms with van der Waals surface area (Å²) in [5.74, 6) is 0. The summed E-state index contributed by atoms with van der Waals surface area (Å²) >= 11 is 0. The first kappa shape index (κ1) is 8.27. The highest BCUT2D eigenvalue weighted by Crippen LogP contribution is 2.07. The Hall–Kier alpha value is -0.830. The lowest BCUT2D eigenvalue weighted by molar-refractivity contribution is -0.110. The molecule has 0 radical (unpaired) electrons. The zero-order chi connectivity index (χ0) is 8.10. The predicted octanol–water partition coefficient (Wildman–Crippen LogP) is -0.00730. The van der Waals surface area contributed by atoms with E-state index in [2.05, 4.69) is 16.8 Å². The van der Waals surface area contributed by atoms with Gasteiger partial charge >= 0.3 is 0 Å². The molecule has 1 fully saturated rings. The van der Waals surface area contributed by atoms with Crippen molar-refractivity contribution in [3.05, 3.63) is 12.7 Å². The molecule has 1 unspecified atom stereocenters. The lowest BCUT2D eigenvalue weighted by Crippen LogP contribution is -2.31. The molecule has 3 heteroatoms. The third-order valence-corrected chi connectivity index (χ3v) is 1.96. The van der Waals surface area contributed by atoms with E-state index in [1.165, 1.54) is 0 Å². The molecule has 1 saturated heterocycles. The minimum absolute atomic E-state index is 0.354. The van der Waals surface area contributed by atoms with Gasteiger partial charge in [-0.1, -0.05) is 6.08 Å². The van der Waals surface area contributed by atoms with Gasteiger partial charge in [0.2, 0.25) is 6.41 Å². The molecule has 0 saturated carbocycles. The summed E-state index contributed by atoms with van der Waals surface area (Å²) in [5, 5.41) is 2.78. The summed E-state index contributed by atoms with van der Waals surface area (Å²) in [5.41, 5.74) is 0. The van der Waals surface area contributed by atoms with Crippen LogP contribution in [0.4, 0.5) is 0 Å². The van der Waals surface area contributed by atoms with Gasteiger partial charge in [0, 0.05) is 25.7 Å². The maximum Gasteiger partial charge on any atom is 0.207 e. The molecule has 0 aromatic heterocycles. The van der Waals surface area contributed by atoms with Gasteiger partial charge in [0.15, 0.2) is 0 Å². The first-order valence-corrected chi connectivity index (χ1v) is 3.89. The maximum atomic E-state index is 10.1. The molecule has 0 aromatic rings. The molecule has 1 rings (SSSR count). The largest absolute Gasteiger partial charge is 0.355 e. The topological polar surface area (TPSA) is 32.3 Å². The first-order chi connectivity index (χ1) is 5.36. The van der Waals surface area contributed by atoms with E-state index >= 15 is 0 Å². The lowest BCUT2D eigenvalue weighted by Gasteiger charge is -2.12. The van der Waals surface area contributed by atoms with Crippen LogP contribution in [0.5, 0.6) is 0 Å². The number of rotatable bonds is 4. The Morgan fingerprint density at radius 1 is 1.73 bits per heavy atom. The second kappa shape index (κ2) is 4.13. The van der Waals surface area contributed by atoms with Crippen molar-refractivity contribution in [3.63, 3.8) is 0 Å². The molecule has 1 aliphatic rings. The van der Waals surface area contributed by atoms with Crippen LogP contribution in [-0.4, -0.2) is 37.0 Å². The number of likely N-dealkylation sites (tertiary alicyclic amines) is 1. The molecule has 0 aliphatic carbocycles. The van der Waals surface area contributed by atoms with Crippen LogP contribution in [0.15, 0.2) is 12.7 Å². The van der Waals surface area contributed by atoms with Gasteiger partial charge in [-0.25, -0.2) is 0 Å². The van der Waals surface area contributed by atoms with Crippen molar-refractivity contribution in [1.82, 2.24) is 10.2 Å². The van der Waals surface area contributed by atoms with Gasteiger partial charge in [0.25, 0.3) is 0 Å². The number of nitrogens with zero attached hydrogens (tertiary/aromatic N) is 1. The fraction of sp³-hybridized carbons (Fsp3) is 0.625. The van der Waals surface area contributed by atoms with E-state index in [0.29, 0.717) is 6.04 Å².